The SMILES string of the molecule is COc1ccc(/C=C2\SC(=O)N(Cc3ccc(F)cc3)C2=O)cc1I. The zero-order valence-electron chi connectivity index (χ0n) is 13.2. The van der Waals surface area contributed by atoms with Gasteiger partial charge in [0.25, 0.3) is 11.1 Å². The first-order valence-corrected chi connectivity index (χ1v) is 9.21. The van der Waals surface area contributed by atoms with Gasteiger partial charge in [-0.25, -0.2) is 4.39 Å². The van der Waals surface area contributed by atoms with Gasteiger partial charge < -0.3 is 4.74 Å². The second kappa shape index (κ2) is 7.57. The molecule has 2 amide bonds. The van der Waals surface area contributed by atoms with E-state index in [4.69, 9.17) is 4.74 Å². The van der Waals surface area contributed by atoms with Gasteiger partial charge in [-0.1, -0.05) is 18.2 Å². The van der Waals surface area contributed by atoms with Crippen molar-refractivity contribution in [2.24, 2.45) is 0 Å². The molecule has 1 fully saturated rings. The van der Waals surface area contributed by atoms with E-state index in [0.717, 1.165) is 31.5 Å². The Morgan fingerprint density at radius 1 is 1.20 bits per heavy atom. The van der Waals surface area contributed by atoms with Crippen molar-refractivity contribution in [3.05, 3.63) is 67.9 Å². The molecule has 2 aromatic carbocycles. The molecule has 0 N–H and O–H groups in total. The summed E-state index contributed by atoms with van der Waals surface area (Å²) in [6, 6.07) is 11.3. The zero-order chi connectivity index (χ0) is 18.0. The molecule has 3 rings (SSSR count). The van der Waals surface area contributed by atoms with Crippen molar-refractivity contribution >= 4 is 51.6 Å². The maximum absolute atomic E-state index is 13.0. The van der Waals surface area contributed by atoms with Crippen LogP contribution in [0.15, 0.2) is 47.4 Å². The van der Waals surface area contributed by atoms with Crippen LogP contribution in [0.2, 0.25) is 0 Å². The Hall–Kier alpha value is -1.87. The number of halogens is 2. The monoisotopic (exact) mass is 469 g/mol. The maximum atomic E-state index is 13.0. The van der Waals surface area contributed by atoms with E-state index in [-0.39, 0.29) is 23.5 Å². The Morgan fingerprint density at radius 3 is 2.56 bits per heavy atom. The summed E-state index contributed by atoms with van der Waals surface area (Å²) in [6.45, 7) is 0.127. The first-order valence-electron chi connectivity index (χ1n) is 7.31. The van der Waals surface area contributed by atoms with E-state index >= 15 is 0 Å². The minimum Gasteiger partial charge on any atom is -0.496 e. The topological polar surface area (TPSA) is 46.6 Å². The highest BCUT2D eigenvalue weighted by Crippen LogP contribution is 2.34. The Labute approximate surface area is 162 Å². The summed E-state index contributed by atoms with van der Waals surface area (Å²) in [6.07, 6.45) is 1.69. The molecule has 1 heterocycles. The largest absolute Gasteiger partial charge is 0.496 e. The second-order valence-corrected chi connectivity index (χ2v) is 7.44. The van der Waals surface area contributed by atoms with Gasteiger partial charge >= 0.3 is 0 Å². The number of hydrogen-bond donors (Lipinski definition) is 0. The highest BCUT2D eigenvalue weighted by atomic mass is 127. The molecule has 4 nitrogen and oxygen atoms in total. The summed E-state index contributed by atoms with van der Waals surface area (Å²) in [4.78, 5) is 26.2. The Bertz CT molecular complexity index is 867. The molecule has 0 saturated carbocycles. The third-order valence-electron chi connectivity index (χ3n) is 3.60. The van der Waals surface area contributed by atoms with Crippen LogP contribution in [0, 0.1) is 9.39 Å². The third-order valence-corrected chi connectivity index (χ3v) is 5.35. The predicted octanol–water partition coefficient (Wildman–Crippen LogP) is 4.68. The summed E-state index contributed by atoms with van der Waals surface area (Å²) in [5.74, 6) is 0.0548. The second-order valence-electron chi connectivity index (χ2n) is 5.29. The van der Waals surface area contributed by atoms with Crippen LogP contribution in [-0.4, -0.2) is 23.2 Å². The van der Waals surface area contributed by atoms with E-state index in [2.05, 4.69) is 22.6 Å². The Kier molecular flexibility index (Phi) is 5.43. The van der Waals surface area contributed by atoms with Crippen LogP contribution in [0.1, 0.15) is 11.1 Å². The van der Waals surface area contributed by atoms with Gasteiger partial charge in [0.1, 0.15) is 11.6 Å². The van der Waals surface area contributed by atoms with Gasteiger partial charge in [0.15, 0.2) is 0 Å². The number of carbonyl (C=O) groups excluding carboxylic acids is 2. The molecular formula is C18H13FINO3S. The highest BCUT2D eigenvalue weighted by Gasteiger charge is 2.34. The lowest BCUT2D eigenvalue weighted by molar-refractivity contribution is -0.123. The quantitative estimate of drug-likeness (QED) is 0.482. The number of benzene rings is 2. The average Bonchev–Trinajstić information content (AvgIpc) is 2.84. The van der Waals surface area contributed by atoms with E-state index in [1.165, 1.54) is 12.1 Å². The number of methoxy groups -OCH3 is 1. The van der Waals surface area contributed by atoms with Gasteiger partial charge in [-0.3, -0.25) is 14.5 Å². The number of nitrogens with zero attached hydrogens (tertiary/aromatic N) is 1. The number of amides is 2. The Balaban J connectivity index is 1.80. The standard InChI is InChI=1S/C18H13FINO3S/c1-24-15-7-4-12(8-14(15)20)9-16-17(22)21(18(23)25-16)10-11-2-5-13(19)6-3-11/h2-9H,10H2,1H3/b16-9-. The molecule has 7 heteroatoms. The third kappa shape index (κ3) is 4.04. The normalized spacial score (nSPS) is 16.0. The summed E-state index contributed by atoms with van der Waals surface area (Å²) in [7, 11) is 1.60. The van der Waals surface area contributed by atoms with Crippen molar-refractivity contribution in [3.63, 3.8) is 0 Å². The lowest BCUT2D eigenvalue weighted by Crippen LogP contribution is -2.27. The van der Waals surface area contributed by atoms with E-state index in [9.17, 15) is 14.0 Å². The van der Waals surface area contributed by atoms with E-state index in [1.807, 2.05) is 18.2 Å². The molecular weight excluding hydrogens is 456 g/mol. The smallest absolute Gasteiger partial charge is 0.293 e. The molecule has 0 radical (unpaired) electrons. The van der Waals surface area contributed by atoms with Crippen molar-refractivity contribution in [2.75, 3.05) is 7.11 Å². The van der Waals surface area contributed by atoms with Crippen molar-refractivity contribution in [2.45, 2.75) is 6.54 Å². The van der Waals surface area contributed by atoms with Gasteiger partial charge in [0.2, 0.25) is 0 Å². The minimum absolute atomic E-state index is 0.127. The molecule has 1 saturated heterocycles. The average molecular weight is 469 g/mol. The fraction of sp³-hybridized carbons (Fsp3) is 0.111. The lowest BCUT2D eigenvalue weighted by atomic mass is 10.2. The zero-order valence-corrected chi connectivity index (χ0v) is 16.1. The van der Waals surface area contributed by atoms with E-state index in [0.29, 0.717) is 10.5 Å². The van der Waals surface area contributed by atoms with Gasteiger partial charge in [-0.05, 0) is 75.8 Å². The summed E-state index contributed by atoms with van der Waals surface area (Å²) in [5.41, 5.74) is 1.52. The van der Waals surface area contributed by atoms with Crippen LogP contribution in [0.5, 0.6) is 5.75 Å². The lowest BCUT2D eigenvalue weighted by Gasteiger charge is -2.12. The fourth-order valence-electron chi connectivity index (χ4n) is 2.33. The molecule has 1 aliphatic heterocycles. The van der Waals surface area contributed by atoms with Crippen molar-refractivity contribution in [1.29, 1.82) is 0 Å². The van der Waals surface area contributed by atoms with E-state index < -0.39 is 0 Å². The molecule has 25 heavy (non-hydrogen) atoms. The molecule has 2 aromatic rings. The van der Waals surface area contributed by atoms with Crippen LogP contribution >= 0.6 is 34.4 Å². The van der Waals surface area contributed by atoms with Crippen LogP contribution in [-0.2, 0) is 11.3 Å². The van der Waals surface area contributed by atoms with Crippen molar-refractivity contribution < 1.29 is 18.7 Å². The molecule has 128 valence electrons. The number of carbonyl (C=O) groups is 2. The van der Waals surface area contributed by atoms with Gasteiger partial charge in [0.05, 0.1) is 22.1 Å². The number of thioether (sulfide) groups is 1. The highest BCUT2D eigenvalue weighted by molar-refractivity contribution is 14.1. The summed E-state index contributed by atoms with van der Waals surface area (Å²) in [5, 5.41) is -0.330. The molecule has 0 atom stereocenters. The number of ether oxygens (including phenoxy) is 1. The van der Waals surface area contributed by atoms with Gasteiger partial charge in [-0.2, -0.15) is 0 Å². The molecule has 0 aromatic heterocycles. The molecule has 0 unspecified atom stereocenters. The predicted molar refractivity (Wildman–Crippen MR) is 104 cm³/mol. The van der Waals surface area contributed by atoms with Crippen LogP contribution < -0.4 is 4.74 Å². The molecule has 0 spiro atoms. The number of rotatable bonds is 4. The first-order chi connectivity index (χ1) is 12.0. The first kappa shape index (κ1) is 17.9. The van der Waals surface area contributed by atoms with Gasteiger partial charge in [0, 0.05) is 0 Å². The van der Waals surface area contributed by atoms with Crippen molar-refractivity contribution in [1.82, 2.24) is 4.90 Å². The summed E-state index contributed by atoms with van der Waals surface area (Å²) >= 11 is 3.06. The van der Waals surface area contributed by atoms with Crippen molar-refractivity contribution in [3.8, 4) is 5.75 Å². The van der Waals surface area contributed by atoms with Crippen LogP contribution in [0.4, 0.5) is 9.18 Å². The Morgan fingerprint density at radius 2 is 1.92 bits per heavy atom. The number of hydrogen-bond acceptors (Lipinski definition) is 4. The minimum atomic E-state index is -0.355. The molecule has 0 bridgehead atoms. The summed E-state index contributed by atoms with van der Waals surface area (Å²) < 4.78 is 19.1. The van der Waals surface area contributed by atoms with Crippen LogP contribution in [0.3, 0.4) is 0 Å². The molecule has 0 aliphatic carbocycles. The van der Waals surface area contributed by atoms with Gasteiger partial charge in [-0.15, -0.1) is 0 Å². The fourth-order valence-corrected chi connectivity index (χ4v) is 3.93. The van der Waals surface area contributed by atoms with E-state index in [1.54, 1.807) is 25.3 Å². The maximum Gasteiger partial charge on any atom is 0.293 e. The number of imide groups is 1. The molecule has 1 aliphatic rings. The van der Waals surface area contributed by atoms with Crippen LogP contribution in [0.25, 0.3) is 6.08 Å².